The molecule has 0 spiro atoms. The van der Waals surface area contributed by atoms with Crippen molar-refractivity contribution in [1.29, 1.82) is 0 Å². The zero-order valence-electron chi connectivity index (χ0n) is 13.5. The van der Waals surface area contributed by atoms with Gasteiger partial charge in [0.25, 0.3) is 0 Å². The lowest BCUT2D eigenvalue weighted by atomic mass is 9.92. The smallest absolute Gasteiger partial charge is 0.0363 e. The fourth-order valence-corrected chi connectivity index (χ4v) is 2.87. The topological polar surface area (TPSA) is 12.0 Å². The van der Waals surface area contributed by atoms with Crippen molar-refractivity contribution in [3.8, 4) is 0 Å². The van der Waals surface area contributed by atoms with Crippen LogP contribution in [0.2, 0.25) is 0 Å². The van der Waals surface area contributed by atoms with Crippen LogP contribution in [0, 0.1) is 6.92 Å². The molecule has 0 radical (unpaired) electrons. The monoisotopic (exact) mass is 281 g/mol. The second-order valence-electron chi connectivity index (χ2n) is 5.69. The number of benzene rings is 2. The minimum atomic E-state index is 0.405. The van der Waals surface area contributed by atoms with Gasteiger partial charge >= 0.3 is 0 Å². The first-order valence-electron chi connectivity index (χ1n) is 8.12. The second-order valence-corrected chi connectivity index (χ2v) is 5.69. The van der Waals surface area contributed by atoms with Crippen LogP contribution in [0.25, 0.3) is 0 Å². The van der Waals surface area contributed by atoms with Crippen LogP contribution >= 0.6 is 0 Å². The molecule has 0 aliphatic carbocycles. The predicted molar refractivity (Wildman–Crippen MR) is 91.7 cm³/mol. The van der Waals surface area contributed by atoms with Crippen molar-refractivity contribution in [3.63, 3.8) is 0 Å². The molecule has 0 amide bonds. The molecule has 0 heterocycles. The Morgan fingerprint density at radius 3 is 2.24 bits per heavy atom. The summed E-state index contributed by atoms with van der Waals surface area (Å²) in [4.78, 5) is 0. The van der Waals surface area contributed by atoms with E-state index in [9.17, 15) is 0 Å². The maximum absolute atomic E-state index is 3.74. The van der Waals surface area contributed by atoms with Crippen molar-refractivity contribution in [1.82, 2.24) is 5.32 Å². The third-order valence-electron chi connectivity index (χ3n) is 4.14. The highest BCUT2D eigenvalue weighted by Crippen LogP contribution is 2.24. The average Bonchev–Trinajstić information content (AvgIpc) is 2.53. The first-order valence-corrected chi connectivity index (χ1v) is 8.12. The van der Waals surface area contributed by atoms with Gasteiger partial charge in [0.15, 0.2) is 0 Å². The van der Waals surface area contributed by atoms with Crippen LogP contribution in [0.15, 0.2) is 48.5 Å². The Hall–Kier alpha value is -1.60. The summed E-state index contributed by atoms with van der Waals surface area (Å²) in [6, 6.07) is 18.0. The summed E-state index contributed by atoms with van der Waals surface area (Å²) in [5, 5.41) is 3.74. The average molecular weight is 281 g/mol. The first-order chi connectivity index (χ1) is 10.3. The Morgan fingerprint density at radius 2 is 1.57 bits per heavy atom. The van der Waals surface area contributed by atoms with Crippen LogP contribution in [0.5, 0.6) is 0 Å². The molecule has 2 aromatic rings. The summed E-state index contributed by atoms with van der Waals surface area (Å²) in [5.41, 5.74) is 5.74. The van der Waals surface area contributed by atoms with Gasteiger partial charge in [-0.25, -0.2) is 0 Å². The standard InChI is InChI=1S/C20H27N/c1-4-14-21-20(15-18-12-7-6-10-16(18)3)19-13-9-8-11-17(19)5-2/h6-13,20-21H,4-5,14-15H2,1-3H3. The van der Waals surface area contributed by atoms with E-state index in [1.54, 1.807) is 0 Å². The number of rotatable bonds is 7. The minimum Gasteiger partial charge on any atom is -0.310 e. The van der Waals surface area contributed by atoms with Crippen molar-refractivity contribution in [3.05, 3.63) is 70.8 Å². The molecule has 0 saturated carbocycles. The number of hydrogen-bond donors (Lipinski definition) is 1. The van der Waals surface area contributed by atoms with Crippen LogP contribution in [0.1, 0.15) is 48.6 Å². The van der Waals surface area contributed by atoms with E-state index in [1.165, 1.54) is 28.7 Å². The van der Waals surface area contributed by atoms with E-state index in [-0.39, 0.29) is 0 Å². The van der Waals surface area contributed by atoms with Gasteiger partial charge in [-0.1, -0.05) is 62.4 Å². The number of aryl methyl sites for hydroxylation is 2. The van der Waals surface area contributed by atoms with E-state index in [2.05, 4.69) is 74.6 Å². The molecule has 0 aliphatic heterocycles. The molecule has 0 bridgehead atoms. The van der Waals surface area contributed by atoms with Gasteiger partial charge in [-0.15, -0.1) is 0 Å². The van der Waals surface area contributed by atoms with Crippen LogP contribution in [0.3, 0.4) is 0 Å². The molecule has 1 atom stereocenters. The third kappa shape index (κ3) is 4.18. The lowest BCUT2D eigenvalue weighted by Crippen LogP contribution is -2.25. The quantitative estimate of drug-likeness (QED) is 0.765. The van der Waals surface area contributed by atoms with E-state index in [0.29, 0.717) is 6.04 Å². The molecule has 0 aliphatic rings. The normalized spacial score (nSPS) is 12.3. The lowest BCUT2D eigenvalue weighted by Gasteiger charge is -2.22. The van der Waals surface area contributed by atoms with E-state index in [1.807, 2.05) is 0 Å². The Balaban J connectivity index is 2.28. The Kier molecular flexibility index (Phi) is 6.01. The zero-order chi connectivity index (χ0) is 15.1. The largest absolute Gasteiger partial charge is 0.310 e. The highest BCUT2D eigenvalue weighted by Gasteiger charge is 2.15. The van der Waals surface area contributed by atoms with E-state index >= 15 is 0 Å². The van der Waals surface area contributed by atoms with Gasteiger partial charge in [0, 0.05) is 6.04 Å². The molecule has 1 unspecified atom stereocenters. The number of hydrogen-bond acceptors (Lipinski definition) is 1. The summed E-state index contributed by atoms with van der Waals surface area (Å²) in [6.07, 6.45) is 3.32. The van der Waals surface area contributed by atoms with Gasteiger partial charge < -0.3 is 5.32 Å². The summed E-state index contributed by atoms with van der Waals surface area (Å²) in [6.45, 7) is 7.74. The fraction of sp³-hybridized carbons (Fsp3) is 0.400. The van der Waals surface area contributed by atoms with Gasteiger partial charge in [-0.2, -0.15) is 0 Å². The molecular formula is C20H27N. The van der Waals surface area contributed by atoms with Crippen molar-refractivity contribution in [2.75, 3.05) is 6.54 Å². The Bertz CT molecular complexity index is 559. The van der Waals surface area contributed by atoms with Crippen molar-refractivity contribution < 1.29 is 0 Å². The van der Waals surface area contributed by atoms with Gasteiger partial charge in [0.1, 0.15) is 0 Å². The first kappa shape index (κ1) is 15.8. The molecule has 112 valence electrons. The molecule has 0 fully saturated rings. The molecule has 1 heteroatoms. The maximum Gasteiger partial charge on any atom is 0.0363 e. The summed E-state index contributed by atoms with van der Waals surface area (Å²) in [7, 11) is 0. The Labute approximate surface area is 129 Å². The van der Waals surface area contributed by atoms with E-state index in [0.717, 1.165) is 19.4 Å². The summed E-state index contributed by atoms with van der Waals surface area (Å²) >= 11 is 0. The zero-order valence-corrected chi connectivity index (χ0v) is 13.5. The molecular weight excluding hydrogens is 254 g/mol. The molecule has 2 rings (SSSR count). The number of nitrogens with one attached hydrogen (secondary N) is 1. The van der Waals surface area contributed by atoms with Crippen LogP contribution in [0.4, 0.5) is 0 Å². The molecule has 2 aromatic carbocycles. The molecule has 0 saturated heterocycles. The second kappa shape index (κ2) is 7.99. The molecule has 21 heavy (non-hydrogen) atoms. The van der Waals surface area contributed by atoms with Gasteiger partial charge in [-0.3, -0.25) is 0 Å². The molecule has 1 N–H and O–H groups in total. The summed E-state index contributed by atoms with van der Waals surface area (Å²) in [5.74, 6) is 0. The predicted octanol–water partition coefficient (Wildman–Crippen LogP) is 4.84. The van der Waals surface area contributed by atoms with Gasteiger partial charge in [0.2, 0.25) is 0 Å². The van der Waals surface area contributed by atoms with Crippen molar-refractivity contribution >= 4 is 0 Å². The molecule has 1 nitrogen and oxygen atoms in total. The van der Waals surface area contributed by atoms with E-state index in [4.69, 9.17) is 0 Å². The van der Waals surface area contributed by atoms with Crippen LogP contribution in [-0.4, -0.2) is 6.54 Å². The molecule has 0 aromatic heterocycles. The lowest BCUT2D eigenvalue weighted by molar-refractivity contribution is 0.525. The third-order valence-corrected chi connectivity index (χ3v) is 4.14. The van der Waals surface area contributed by atoms with Crippen LogP contribution in [-0.2, 0) is 12.8 Å². The summed E-state index contributed by atoms with van der Waals surface area (Å²) < 4.78 is 0. The van der Waals surface area contributed by atoms with Gasteiger partial charge in [0.05, 0.1) is 0 Å². The highest BCUT2D eigenvalue weighted by molar-refractivity contribution is 5.33. The van der Waals surface area contributed by atoms with Crippen LogP contribution < -0.4 is 5.32 Å². The van der Waals surface area contributed by atoms with Crippen molar-refractivity contribution in [2.24, 2.45) is 0 Å². The van der Waals surface area contributed by atoms with Crippen molar-refractivity contribution in [2.45, 2.75) is 46.1 Å². The SMILES string of the molecule is CCCNC(Cc1ccccc1C)c1ccccc1CC. The maximum atomic E-state index is 3.74. The highest BCUT2D eigenvalue weighted by atomic mass is 14.9. The van der Waals surface area contributed by atoms with E-state index < -0.39 is 0 Å². The minimum absolute atomic E-state index is 0.405. The Morgan fingerprint density at radius 1 is 0.905 bits per heavy atom. The van der Waals surface area contributed by atoms with Gasteiger partial charge in [-0.05, 0) is 55.0 Å². The fourth-order valence-electron chi connectivity index (χ4n) is 2.87.